The Hall–Kier alpha value is 0.140. The average molecular weight is 358 g/mol. The van der Waals surface area contributed by atoms with Crippen molar-refractivity contribution < 1.29 is 0 Å². The Kier molecular flexibility index (Phi) is 6.57. The zero-order chi connectivity index (χ0) is 14.5. The minimum absolute atomic E-state index is 0.837. The Balaban J connectivity index is 2.03. The summed E-state index contributed by atoms with van der Waals surface area (Å²) in [4.78, 5) is 1.54. The second-order valence-electron chi connectivity index (χ2n) is 6.54. The van der Waals surface area contributed by atoms with Crippen LogP contribution in [0.15, 0.2) is 15.9 Å². The van der Waals surface area contributed by atoms with E-state index in [0.717, 1.165) is 30.2 Å². The molecule has 0 spiro atoms. The van der Waals surface area contributed by atoms with Crippen molar-refractivity contribution in [2.24, 2.45) is 23.7 Å². The van der Waals surface area contributed by atoms with Gasteiger partial charge in [-0.3, -0.25) is 0 Å². The lowest BCUT2D eigenvalue weighted by atomic mass is 9.69. The van der Waals surface area contributed by atoms with Gasteiger partial charge in [-0.25, -0.2) is 0 Å². The number of rotatable bonds is 6. The Labute approximate surface area is 136 Å². The molecule has 0 saturated heterocycles. The van der Waals surface area contributed by atoms with E-state index in [1.54, 1.807) is 4.88 Å². The van der Waals surface area contributed by atoms with Crippen LogP contribution < -0.4 is 5.32 Å². The van der Waals surface area contributed by atoms with Gasteiger partial charge in [0, 0.05) is 9.35 Å². The van der Waals surface area contributed by atoms with Crippen LogP contribution >= 0.6 is 27.3 Å². The van der Waals surface area contributed by atoms with E-state index in [1.807, 2.05) is 11.3 Å². The number of halogens is 1. The molecule has 0 bridgehead atoms. The number of nitrogens with one attached hydrogen (secondary N) is 1. The zero-order valence-corrected chi connectivity index (χ0v) is 15.4. The lowest BCUT2D eigenvalue weighted by molar-refractivity contribution is 0.145. The van der Waals surface area contributed by atoms with Crippen molar-refractivity contribution in [2.45, 2.75) is 46.5 Å². The molecule has 1 fully saturated rings. The van der Waals surface area contributed by atoms with Gasteiger partial charge in [0.05, 0.1) is 0 Å². The lowest BCUT2D eigenvalue weighted by Gasteiger charge is -2.38. The molecule has 0 aliphatic heterocycles. The molecule has 1 aromatic heterocycles. The molecule has 114 valence electrons. The van der Waals surface area contributed by atoms with Crippen molar-refractivity contribution in [1.82, 2.24) is 5.32 Å². The highest BCUT2D eigenvalue weighted by Crippen LogP contribution is 2.40. The molecule has 1 heterocycles. The molecule has 3 heteroatoms. The maximum atomic E-state index is 3.70. The van der Waals surface area contributed by atoms with E-state index >= 15 is 0 Å². The van der Waals surface area contributed by atoms with Gasteiger partial charge in [-0.1, -0.05) is 20.8 Å². The molecule has 0 radical (unpaired) electrons. The van der Waals surface area contributed by atoms with Crippen molar-refractivity contribution >= 4 is 27.3 Å². The van der Waals surface area contributed by atoms with E-state index < -0.39 is 0 Å². The lowest BCUT2D eigenvalue weighted by Crippen LogP contribution is -2.35. The molecule has 1 aliphatic rings. The zero-order valence-electron chi connectivity index (χ0n) is 13.0. The van der Waals surface area contributed by atoms with Gasteiger partial charge in [0.1, 0.15) is 0 Å². The van der Waals surface area contributed by atoms with Gasteiger partial charge < -0.3 is 5.32 Å². The van der Waals surface area contributed by atoms with E-state index in [1.165, 1.54) is 36.7 Å². The summed E-state index contributed by atoms with van der Waals surface area (Å²) in [5, 5.41) is 5.79. The third-order valence-corrected chi connectivity index (χ3v) is 6.87. The molecule has 1 aliphatic carbocycles. The summed E-state index contributed by atoms with van der Waals surface area (Å²) in [5.41, 5.74) is 0. The Morgan fingerprint density at radius 1 is 1.35 bits per heavy atom. The Bertz CT molecular complexity index is 401. The van der Waals surface area contributed by atoms with Gasteiger partial charge in [0.25, 0.3) is 0 Å². The van der Waals surface area contributed by atoms with Crippen LogP contribution in [0.4, 0.5) is 0 Å². The van der Waals surface area contributed by atoms with E-state index in [0.29, 0.717) is 0 Å². The summed E-state index contributed by atoms with van der Waals surface area (Å²) in [6.45, 7) is 9.31. The maximum absolute atomic E-state index is 3.70. The minimum atomic E-state index is 0.837. The quantitative estimate of drug-likeness (QED) is 0.723. The second-order valence-corrected chi connectivity index (χ2v) is 8.40. The van der Waals surface area contributed by atoms with Gasteiger partial charge in [0.2, 0.25) is 0 Å². The van der Waals surface area contributed by atoms with Crippen LogP contribution in [0.25, 0.3) is 0 Å². The van der Waals surface area contributed by atoms with Crippen molar-refractivity contribution in [1.29, 1.82) is 0 Å². The molecule has 1 aromatic rings. The molecule has 0 amide bonds. The summed E-state index contributed by atoms with van der Waals surface area (Å²) in [6, 6.07) is 2.20. The van der Waals surface area contributed by atoms with Gasteiger partial charge >= 0.3 is 0 Å². The number of thiophene rings is 1. The summed E-state index contributed by atoms with van der Waals surface area (Å²) < 4.78 is 1.32. The first-order valence-electron chi connectivity index (χ1n) is 8.04. The summed E-state index contributed by atoms with van der Waals surface area (Å²) >= 11 is 5.62. The fourth-order valence-corrected chi connectivity index (χ4v) is 5.13. The molecular weight excluding hydrogens is 330 g/mol. The van der Waals surface area contributed by atoms with Crippen LogP contribution in [-0.2, 0) is 6.42 Å². The summed E-state index contributed by atoms with van der Waals surface area (Å²) in [7, 11) is 0. The van der Waals surface area contributed by atoms with E-state index in [9.17, 15) is 0 Å². The highest BCUT2D eigenvalue weighted by Gasteiger charge is 2.32. The van der Waals surface area contributed by atoms with Gasteiger partial charge in [-0.2, -0.15) is 0 Å². The number of hydrogen-bond acceptors (Lipinski definition) is 2. The highest BCUT2D eigenvalue weighted by molar-refractivity contribution is 9.10. The van der Waals surface area contributed by atoms with Crippen LogP contribution in [0.2, 0.25) is 0 Å². The van der Waals surface area contributed by atoms with Crippen LogP contribution in [0, 0.1) is 23.7 Å². The van der Waals surface area contributed by atoms with E-state index in [2.05, 4.69) is 53.5 Å². The second kappa shape index (κ2) is 7.95. The molecule has 3 atom stereocenters. The molecule has 20 heavy (non-hydrogen) atoms. The van der Waals surface area contributed by atoms with Gasteiger partial charge in [-0.15, -0.1) is 11.3 Å². The SMILES string of the molecule is CCNCC1CCC(C(C)C)CC1Cc1sccc1Br. The fraction of sp³-hybridized carbons (Fsp3) is 0.765. The Morgan fingerprint density at radius 2 is 2.15 bits per heavy atom. The average Bonchev–Trinajstić information content (AvgIpc) is 2.82. The molecule has 2 rings (SSSR count). The van der Waals surface area contributed by atoms with Crippen LogP contribution in [0.5, 0.6) is 0 Å². The predicted octanol–water partition coefficient (Wildman–Crippen LogP) is 5.35. The van der Waals surface area contributed by atoms with Crippen LogP contribution in [-0.4, -0.2) is 13.1 Å². The van der Waals surface area contributed by atoms with Crippen molar-refractivity contribution in [2.75, 3.05) is 13.1 Å². The van der Waals surface area contributed by atoms with Gasteiger partial charge in [-0.05, 0) is 89.8 Å². The third kappa shape index (κ3) is 4.32. The summed E-state index contributed by atoms with van der Waals surface area (Å²) in [6.07, 6.45) is 5.51. The smallest absolute Gasteiger partial charge is 0.0314 e. The fourth-order valence-electron chi connectivity index (χ4n) is 3.53. The molecule has 1 saturated carbocycles. The number of hydrogen-bond donors (Lipinski definition) is 1. The largest absolute Gasteiger partial charge is 0.317 e. The van der Waals surface area contributed by atoms with Crippen LogP contribution in [0.3, 0.4) is 0 Å². The molecule has 1 nitrogen and oxygen atoms in total. The van der Waals surface area contributed by atoms with Gasteiger partial charge in [0.15, 0.2) is 0 Å². The molecular formula is C17H28BrNS. The van der Waals surface area contributed by atoms with Crippen molar-refractivity contribution in [3.8, 4) is 0 Å². The topological polar surface area (TPSA) is 12.0 Å². The highest BCUT2D eigenvalue weighted by atomic mass is 79.9. The van der Waals surface area contributed by atoms with Crippen molar-refractivity contribution in [3.63, 3.8) is 0 Å². The molecule has 1 N–H and O–H groups in total. The standard InChI is InChI=1S/C17H28BrNS/c1-4-19-11-14-6-5-13(12(2)3)9-15(14)10-17-16(18)7-8-20-17/h7-8,12-15,19H,4-6,9-11H2,1-3H3. The third-order valence-electron chi connectivity index (χ3n) is 4.92. The maximum Gasteiger partial charge on any atom is 0.0314 e. The molecule has 3 unspecified atom stereocenters. The summed E-state index contributed by atoms with van der Waals surface area (Å²) in [5.74, 6) is 3.48. The monoisotopic (exact) mass is 357 g/mol. The minimum Gasteiger partial charge on any atom is -0.317 e. The first-order chi connectivity index (χ1) is 9.61. The predicted molar refractivity (Wildman–Crippen MR) is 93.4 cm³/mol. The van der Waals surface area contributed by atoms with E-state index in [-0.39, 0.29) is 0 Å². The molecule has 0 aromatic carbocycles. The normalized spacial score (nSPS) is 27.1. The Morgan fingerprint density at radius 3 is 2.75 bits per heavy atom. The van der Waals surface area contributed by atoms with E-state index in [4.69, 9.17) is 0 Å². The first kappa shape index (κ1) is 16.5. The van der Waals surface area contributed by atoms with Crippen molar-refractivity contribution in [3.05, 3.63) is 20.8 Å². The van der Waals surface area contributed by atoms with Crippen LogP contribution in [0.1, 0.15) is 44.9 Å². The first-order valence-corrected chi connectivity index (χ1v) is 9.71.